The predicted octanol–water partition coefficient (Wildman–Crippen LogP) is 8.80. The molecule has 0 amide bonds. The Balaban J connectivity index is 2.31. The Morgan fingerprint density at radius 1 is 0.727 bits per heavy atom. The van der Waals surface area contributed by atoms with Crippen LogP contribution in [0.1, 0.15) is 126 Å². The van der Waals surface area contributed by atoms with Crippen LogP contribution in [0.4, 0.5) is 0 Å². The molecule has 2 aromatic carbocycles. The molecule has 182 valence electrons. The number of rotatable bonds is 7. The van der Waals surface area contributed by atoms with Gasteiger partial charge < -0.3 is 10.2 Å². The highest BCUT2D eigenvalue weighted by Gasteiger charge is 2.35. The van der Waals surface area contributed by atoms with Crippen LogP contribution in [0.3, 0.4) is 0 Å². The lowest BCUT2D eigenvalue weighted by molar-refractivity contribution is 0.314. The van der Waals surface area contributed by atoms with Gasteiger partial charge in [-0.25, -0.2) is 0 Å². The Bertz CT molecular complexity index is 905. The van der Waals surface area contributed by atoms with Crippen LogP contribution in [0.5, 0.6) is 11.5 Å². The topological polar surface area (TPSA) is 40.5 Å². The molecule has 1 saturated carbocycles. The average Bonchev–Trinajstić information content (AvgIpc) is 2.78. The van der Waals surface area contributed by atoms with Crippen molar-refractivity contribution < 1.29 is 10.2 Å². The fourth-order valence-electron chi connectivity index (χ4n) is 5.64. The summed E-state index contributed by atoms with van der Waals surface area (Å²) in [6.07, 6.45) is 7.94. The maximum absolute atomic E-state index is 11.7. The Labute approximate surface area is 202 Å². The number of benzene rings is 2. The van der Waals surface area contributed by atoms with Crippen LogP contribution in [0.2, 0.25) is 0 Å². The number of aromatic hydroxyl groups is 2. The fraction of sp³-hybridized carbons (Fsp3) is 0.613. The Kier molecular flexibility index (Phi) is 7.56. The Morgan fingerprint density at radius 3 is 1.48 bits per heavy atom. The van der Waals surface area contributed by atoms with E-state index in [2.05, 4.69) is 79.7 Å². The van der Waals surface area contributed by atoms with Crippen molar-refractivity contribution >= 4 is 0 Å². The highest BCUT2D eigenvalue weighted by Crippen LogP contribution is 2.50. The van der Waals surface area contributed by atoms with Crippen molar-refractivity contribution in [3.05, 3.63) is 57.6 Å². The van der Waals surface area contributed by atoms with Gasteiger partial charge in [0.15, 0.2) is 0 Å². The lowest BCUT2D eigenvalue weighted by Gasteiger charge is -2.35. The van der Waals surface area contributed by atoms with Gasteiger partial charge in [0.25, 0.3) is 0 Å². The second-order valence-electron chi connectivity index (χ2n) is 11.9. The number of phenolic OH excluding ortho intramolecular Hbond substituents is 2. The van der Waals surface area contributed by atoms with Gasteiger partial charge in [-0.3, -0.25) is 0 Å². The second kappa shape index (κ2) is 9.72. The van der Waals surface area contributed by atoms with E-state index in [-0.39, 0.29) is 16.7 Å². The molecule has 0 heterocycles. The minimum Gasteiger partial charge on any atom is -0.507 e. The molecule has 1 aliphatic carbocycles. The SMILES string of the molecule is CCC(C)(C)c1cc(C)cc(C(c2cc(C)cc(C(C)(C)CC)c2O)C2CCCCC2)c1O. The van der Waals surface area contributed by atoms with Crippen LogP contribution in [0.15, 0.2) is 24.3 Å². The van der Waals surface area contributed by atoms with Crippen LogP contribution in [-0.2, 0) is 10.8 Å². The lowest BCUT2D eigenvalue weighted by atomic mass is 9.69. The van der Waals surface area contributed by atoms with Gasteiger partial charge >= 0.3 is 0 Å². The van der Waals surface area contributed by atoms with Crippen molar-refractivity contribution in [2.45, 2.75) is 117 Å². The first-order chi connectivity index (χ1) is 15.4. The van der Waals surface area contributed by atoms with E-state index in [1.54, 1.807) is 0 Å². The van der Waals surface area contributed by atoms with E-state index in [0.717, 1.165) is 47.9 Å². The third kappa shape index (κ3) is 5.10. The number of aryl methyl sites for hydroxylation is 2. The average molecular weight is 451 g/mol. The Morgan fingerprint density at radius 2 is 1.12 bits per heavy atom. The van der Waals surface area contributed by atoms with E-state index in [1.807, 2.05) is 0 Å². The third-order valence-electron chi connectivity index (χ3n) is 8.58. The molecule has 0 spiro atoms. The second-order valence-corrected chi connectivity index (χ2v) is 11.9. The largest absolute Gasteiger partial charge is 0.507 e. The number of phenols is 2. The molecule has 1 fully saturated rings. The molecule has 0 atom stereocenters. The van der Waals surface area contributed by atoms with Gasteiger partial charge in [-0.1, -0.05) is 96.2 Å². The first kappa shape index (κ1) is 25.7. The van der Waals surface area contributed by atoms with E-state index >= 15 is 0 Å². The predicted molar refractivity (Wildman–Crippen MR) is 141 cm³/mol. The summed E-state index contributed by atoms with van der Waals surface area (Å²) in [5.74, 6) is 1.29. The molecule has 0 aliphatic heterocycles. The minimum atomic E-state index is -0.105. The normalized spacial score (nSPS) is 15.9. The molecule has 0 bridgehead atoms. The van der Waals surface area contributed by atoms with Gasteiger partial charge in [0.2, 0.25) is 0 Å². The Hall–Kier alpha value is -1.96. The van der Waals surface area contributed by atoms with E-state index in [1.165, 1.54) is 30.4 Å². The highest BCUT2D eigenvalue weighted by molar-refractivity contribution is 5.56. The maximum atomic E-state index is 11.7. The third-order valence-corrected chi connectivity index (χ3v) is 8.58. The molecule has 0 saturated heterocycles. The van der Waals surface area contributed by atoms with E-state index in [0.29, 0.717) is 17.4 Å². The van der Waals surface area contributed by atoms with Crippen molar-refractivity contribution in [2.24, 2.45) is 5.92 Å². The van der Waals surface area contributed by atoms with E-state index in [4.69, 9.17) is 0 Å². The number of hydrogen-bond acceptors (Lipinski definition) is 2. The fourth-order valence-corrected chi connectivity index (χ4v) is 5.64. The lowest BCUT2D eigenvalue weighted by Crippen LogP contribution is -2.22. The zero-order valence-corrected chi connectivity index (χ0v) is 22.3. The zero-order valence-electron chi connectivity index (χ0n) is 22.3. The summed E-state index contributed by atoms with van der Waals surface area (Å²) >= 11 is 0. The molecule has 2 N–H and O–H groups in total. The maximum Gasteiger partial charge on any atom is 0.123 e. The molecule has 2 heteroatoms. The van der Waals surface area contributed by atoms with Gasteiger partial charge in [-0.05, 0) is 56.3 Å². The van der Waals surface area contributed by atoms with Crippen molar-refractivity contribution in [1.29, 1.82) is 0 Å². The first-order valence-corrected chi connectivity index (χ1v) is 13.1. The van der Waals surface area contributed by atoms with Gasteiger partial charge in [0.1, 0.15) is 11.5 Å². The monoisotopic (exact) mass is 450 g/mol. The summed E-state index contributed by atoms with van der Waals surface area (Å²) in [5.41, 5.74) is 6.21. The van der Waals surface area contributed by atoms with E-state index < -0.39 is 0 Å². The standard InChI is InChI=1S/C31H46O2/c1-9-30(5,6)25-18-20(3)16-23(28(25)32)27(22-14-12-11-13-15-22)24-17-21(4)19-26(29(24)33)31(7,8)10-2/h16-19,22,27,32-33H,9-15H2,1-8H3. The molecular weight excluding hydrogens is 404 g/mol. The van der Waals surface area contributed by atoms with Crippen molar-refractivity contribution in [3.63, 3.8) is 0 Å². The van der Waals surface area contributed by atoms with Crippen LogP contribution in [0, 0.1) is 19.8 Å². The summed E-state index contributed by atoms with van der Waals surface area (Å²) in [4.78, 5) is 0. The van der Waals surface area contributed by atoms with Crippen LogP contribution >= 0.6 is 0 Å². The summed E-state index contributed by atoms with van der Waals surface area (Å²) in [6.45, 7) is 17.5. The smallest absolute Gasteiger partial charge is 0.123 e. The zero-order chi connectivity index (χ0) is 24.6. The van der Waals surface area contributed by atoms with Crippen molar-refractivity contribution in [2.75, 3.05) is 0 Å². The summed E-state index contributed by atoms with van der Waals surface area (Å²) in [5, 5.41) is 23.4. The molecule has 0 aromatic heterocycles. The van der Waals surface area contributed by atoms with Gasteiger partial charge in [-0.15, -0.1) is 0 Å². The quantitative estimate of drug-likeness (QED) is 0.442. The van der Waals surface area contributed by atoms with E-state index in [9.17, 15) is 10.2 Å². The van der Waals surface area contributed by atoms with Gasteiger partial charge in [-0.2, -0.15) is 0 Å². The van der Waals surface area contributed by atoms with Crippen LogP contribution in [0.25, 0.3) is 0 Å². The molecular formula is C31H46O2. The first-order valence-electron chi connectivity index (χ1n) is 13.1. The summed E-state index contributed by atoms with van der Waals surface area (Å²) < 4.78 is 0. The number of hydrogen-bond donors (Lipinski definition) is 2. The van der Waals surface area contributed by atoms with Crippen molar-refractivity contribution in [3.8, 4) is 11.5 Å². The molecule has 2 aromatic rings. The van der Waals surface area contributed by atoms with Crippen LogP contribution in [-0.4, -0.2) is 10.2 Å². The summed E-state index contributed by atoms with van der Waals surface area (Å²) in [7, 11) is 0. The molecule has 0 unspecified atom stereocenters. The minimum absolute atomic E-state index is 0.00270. The molecule has 33 heavy (non-hydrogen) atoms. The van der Waals surface area contributed by atoms with Crippen LogP contribution < -0.4 is 0 Å². The van der Waals surface area contributed by atoms with Gasteiger partial charge in [0.05, 0.1) is 0 Å². The molecule has 3 rings (SSSR count). The highest BCUT2D eigenvalue weighted by atomic mass is 16.3. The van der Waals surface area contributed by atoms with Crippen molar-refractivity contribution in [1.82, 2.24) is 0 Å². The molecule has 0 radical (unpaired) electrons. The van der Waals surface area contributed by atoms with Gasteiger partial charge in [0, 0.05) is 28.2 Å². The molecule has 1 aliphatic rings. The molecule has 2 nitrogen and oxygen atoms in total. The summed E-state index contributed by atoms with van der Waals surface area (Å²) in [6, 6.07) is 8.66.